The minimum absolute atomic E-state index is 0.272. The molecule has 10 heteroatoms. The maximum atomic E-state index is 12.8. The van der Waals surface area contributed by atoms with E-state index in [1.807, 2.05) is 0 Å². The Morgan fingerprint density at radius 3 is 2.08 bits per heavy atom. The van der Waals surface area contributed by atoms with Crippen LogP contribution in [0.2, 0.25) is 5.02 Å². The number of halogens is 7. The van der Waals surface area contributed by atoms with E-state index in [1.165, 1.54) is 0 Å². The molecule has 0 saturated carbocycles. The topological polar surface area (TPSA) is 46.5 Å². The molecular weight excluding hydrogens is 378 g/mol. The van der Waals surface area contributed by atoms with Crippen LogP contribution in [0.5, 0.6) is 11.5 Å². The number of hydrogen-bond acceptors (Lipinski definition) is 2. The van der Waals surface area contributed by atoms with Crippen LogP contribution in [0.1, 0.15) is 21.5 Å². The van der Waals surface area contributed by atoms with E-state index >= 15 is 0 Å². The zero-order chi connectivity index (χ0) is 19.0. The van der Waals surface area contributed by atoms with Crippen LogP contribution in [0.25, 0.3) is 0 Å². The van der Waals surface area contributed by atoms with Gasteiger partial charge in [-0.2, -0.15) is 26.3 Å². The maximum Gasteiger partial charge on any atom is 0.417 e. The fraction of sp³-hybridized carbons (Fsp3) is 0.133. The lowest BCUT2D eigenvalue weighted by molar-refractivity contribution is -0.138. The Morgan fingerprint density at radius 1 is 0.960 bits per heavy atom. The minimum Gasteiger partial charge on any atom is -0.478 e. The van der Waals surface area contributed by atoms with Crippen molar-refractivity contribution in [3.05, 3.63) is 58.1 Å². The third-order valence-corrected chi connectivity index (χ3v) is 3.31. The number of carboxylic acid groups (broad SMARTS) is 1. The van der Waals surface area contributed by atoms with Gasteiger partial charge in [0, 0.05) is 0 Å². The molecule has 25 heavy (non-hydrogen) atoms. The summed E-state index contributed by atoms with van der Waals surface area (Å²) in [4.78, 5) is 11.0. The van der Waals surface area contributed by atoms with Gasteiger partial charge in [0.25, 0.3) is 0 Å². The van der Waals surface area contributed by atoms with Gasteiger partial charge in [-0.05, 0) is 36.4 Å². The molecule has 0 saturated heterocycles. The Morgan fingerprint density at radius 2 is 1.60 bits per heavy atom. The van der Waals surface area contributed by atoms with Gasteiger partial charge in [0.05, 0.1) is 21.7 Å². The predicted molar refractivity (Wildman–Crippen MR) is 74.9 cm³/mol. The molecule has 0 aliphatic carbocycles. The molecule has 2 aromatic carbocycles. The fourth-order valence-electron chi connectivity index (χ4n) is 1.90. The molecule has 0 amide bonds. The van der Waals surface area contributed by atoms with Crippen molar-refractivity contribution in [3.63, 3.8) is 0 Å². The number of aromatic carboxylic acids is 1. The van der Waals surface area contributed by atoms with Gasteiger partial charge >= 0.3 is 18.3 Å². The molecule has 3 nitrogen and oxygen atoms in total. The van der Waals surface area contributed by atoms with E-state index in [-0.39, 0.29) is 11.5 Å². The molecule has 0 fully saturated rings. The number of rotatable bonds is 3. The summed E-state index contributed by atoms with van der Waals surface area (Å²) in [7, 11) is 0. The van der Waals surface area contributed by atoms with Crippen molar-refractivity contribution in [1.29, 1.82) is 0 Å². The predicted octanol–water partition coefficient (Wildman–Crippen LogP) is 5.87. The van der Waals surface area contributed by atoms with Crippen molar-refractivity contribution in [1.82, 2.24) is 0 Å². The Bertz CT molecular complexity index is 814. The second-order valence-corrected chi connectivity index (χ2v) is 5.16. The van der Waals surface area contributed by atoms with Gasteiger partial charge in [0.2, 0.25) is 0 Å². The van der Waals surface area contributed by atoms with Gasteiger partial charge < -0.3 is 9.84 Å². The Labute approximate surface area is 141 Å². The molecule has 0 spiro atoms. The molecule has 2 aromatic rings. The maximum absolute atomic E-state index is 12.8. The molecule has 1 N–H and O–H groups in total. The largest absolute Gasteiger partial charge is 0.478 e. The molecule has 0 bridgehead atoms. The van der Waals surface area contributed by atoms with E-state index in [9.17, 15) is 31.1 Å². The van der Waals surface area contributed by atoms with Crippen LogP contribution in [0.3, 0.4) is 0 Å². The standard InChI is InChI=1S/C15H7ClF6O3/c16-11-5-7(14(17,18)19)1-4-12(11)25-8-2-3-10(15(20,21)22)9(6-8)13(23)24/h1-6H,(H,23,24). The molecule has 0 unspecified atom stereocenters. The molecule has 2 rings (SSSR count). The van der Waals surface area contributed by atoms with E-state index < -0.39 is 40.0 Å². The lowest BCUT2D eigenvalue weighted by Gasteiger charge is -2.14. The van der Waals surface area contributed by atoms with E-state index in [4.69, 9.17) is 21.4 Å². The molecular formula is C15H7ClF6O3. The normalized spacial score (nSPS) is 12.1. The Hall–Kier alpha value is -2.42. The van der Waals surface area contributed by atoms with Crippen LogP contribution >= 0.6 is 11.6 Å². The summed E-state index contributed by atoms with van der Waals surface area (Å²) in [5.74, 6) is -2.44. The lowest BCUT2D eigenvalue weighted by Crippen LogP contribution is -2.12. The second-order valence-electron chi connectivity index (χ2n) is 4.76. The first-order valence-corrected chi connectivity index (χ1v) is 6.76. The van der Waals surface area contributed by atoms with Gasteiger partial charge in [-0.1, -0.05) is 11.6 Å². The minimum atomic E-state index is -4.89. The van der Waals surface area contributed by atoms with Gasteiger partial charge in [-0.15, -0.1) is 0 Å². The monoisotopic (exact) mass is 384 g/mol. The molecule has 134 valence electrons. The van der Waals surface area contributed by atoms with Crippen LogP contribution in [-0.4, -0.2) is 11.1 Å². The molecule has 0 atom stereocenters. The number of alkyl halides is 6. The molecule has 0 heterocycles. The summed E-state index contributed by atoms with van der Waals surface area (Å²) in [6, 6.07) is 4.07. The molecule has 0 radical (unpaired) electrons. The van der Waals surface area contributed by atoms with Crippen LogP contribution in [0, 0.1) is 0 Å². The third-order valence-electron chi connectivity index (χ3n) is 3.01. The summed E-state index contributed by atoms with van der Waals surface area (Å²) in [6.45, 7) is 0. The van der Waals surface area contributed by atoms with E-state index in [0.717, 1.165) is 12.1 Å². The second kappa shape index (κ2) is 6.47. The molecule has 0 aliphatic heterocycles. The van der Waals surface area contributed by atoms with Gasteiger partial charge in [0.15, 0.2) is 0 Å². The smallest absolute Gasteiger partial charge is 0.417 e. The van der Waals surface area contributed by atoms with Crippen molar-refractivity contribution in [3.8, 4) is 11.5 Å². The zero-order valence-corrected chi connectivity index (χ0v) is 12.6. The highest BCUT2D eigenvalue weighted by molar-refractivity contribution is 6.32. The van der Waals surface area contributed by atoms with Crippen LogP contribution in [0.15, 0.2) is 36.4 Å². The Kier molecular flexibility index (Phi) is 4.90. The average molecular weight is 385 g/mol. The summed E-state index contributed by atoms with van der Waals surface area (Å²) >= 11 is 5.67. The third kappa shape index (κ3) is 4.36. The van der Waals surface area contributed by atoms with Crippen molar-refractivity contribution in [2.45, 2.75) is 12.4 Å². The number of carbonyl (C=O) groups is 1. The lowest BCUT2D eigenvalue weighted by atomic mass is 10.1. The van der Waals surface area contributed by atoms with Crippen molar-refractivity contribution < 1.29 is 41.0 Å². The zero-order valence-electron chi connectivity index (χ0n) is 11.9. The molecule has 0 aromatic heterocycles. The summed E-state index contributed by atoms with van der Waals surface area (Å²) in [5, 5.41) is 8.46. The van der Waals surface area contributed by atoms with Crippen molar-refractivity contribution >= 4 is 17.6 Å². The highest BCUT2D eigenvalue weighted by Crippen LogP contribution is 2.38. The number of hydrogen-bond donors (Lipinski definition) is 1. The SMILES string of the molecule is O=C(O)c1cc(Oc2ccc(C(F)(F)F)cc2Cl)ccc1C(F)(F)F. The van der Waals surface area contributed by atoms with Gasteiger partial charge in [-0.3, -0.25) is 0 Å². The van der Waals surface area contributed by atoms with Crippen LogP contribution in [-0.2, 0) is 12.4 Å². The Balaban J connectivity index is 2.38. The highest BCUT2D eigenvalue weighted by atomic mass is 35.5. The first-order valence-electron chi connectivity index (χ1n) is 6.38. The van der Waals surface area contributed by atoms with Crippen LogP contribution < -0.4 is 4.74 Å². The van der Waals surface area contributed by atoms with Crippen molar-refractivity contribution in [2.75, 3.05) is 0 Å². The summed E-state index contributed by atoms with van der Waals surface area (Å²) < 4.78 is 81.0. The van der Waals surface area contributed by atoms with Gasteiger partial charge in [0.1, 0.15) is 11.5 Å². The number of carboxylic acids is 1. The first-order chi connectivity index (χ1) is 11.4. The number of benzene rings is 2. The average Bonchev–Trinajstić information content (AvgIpc) is 2.47. The number of ether oxygens (including phenoxy) is 1. The fourth-order valence-corrected chi connectivity index (χ4v) is 2.12. The molecule has 0 aliphatic rings. The van der Waals surface area contributed by atoms with Gasteiger partial charge in [-0.25, -0.2) is 4.79 Å². The van der Waals surface area contributed by atoms with Crippen LogP contribution in [0.4, 0.5) is 26.3 Å². The van der Waals surface area contributed by atoms with E-state index in [0.29, 0.717) is 24.3 Å². The summed E-state index contributed by atoms with van der Waals surface area (Å²) in [6.07, 6.45) is -9.52. The van der Waals surface area contributed by atoms with E-state index in [2.05, 4.69) is 0 Å². The quantitative estimate of drug-likeness (QED) is 0.673. The van der Waals surface area contributed by atoms with E-state index in [1.54, 1.807) is 0 Å². The highest BCUT2D eigenvalue weighted by Gasteiger charge is 2.35. The van der Waals surface area contributed by atoms with Crippen molar-refractivity contribution in [2.24, 2.45) is 0 Å². The first kappa shape index (κ1) is 18.9. The summed E-state index contributed by atoms with van der Waals surface area (Å²) in [5.41, 5.74) is -3.48.